The van der Waals surface area contributed by atoms with Crippen molar-refractivity contribution in [1.29, 1.82) is 0 Å². The number of imidazole rings is 1. The third kappa shape index (κ3) is 3.82. The molecule has 0 amide bonds. The van der Waals surface area contributed by atoms with Crippen LogP contribution in [-0.2, 0) is 20.6 Å². The van der Waals surface area contributed by atoms with E-state index in [-0.39, 0.29) is 11.2 Å². The molecule has 4 aromatic rings. The monoisotopic (exact) mass is 435 g/mol. The number of aromatic nitrogens is 4. The van der Waals surface area contributed by atoms with Gasteiger partial charge in [0.05, 0.1) is 32.7 Å². The summed E-state index contributed by atoms with van der Waals surface area (Å²) in [6, 6.07) is 14.4. The van der Waals surface area contributed by atoms with E-state index < -0.39 is 0 Å². The molecule has 0 bridgehead atoms. The molecule has 8 nitrogen and oxygen atoms in total. The number of quaternary nitrogens is 1. The first-order valence-electron chi connectivity index (χ1n) is 11.2. The number of aryl methyl sites for hydroxylation is 1. The number of likely N-dealkylation sites (N-methyl/N-ethyl adjacent to an activating group) is 1. The molecular formula is C24H31N6O2+. The lowest BCUT2D eigenvalue weighted by Crippen LogP contribution is -3.12. The summed E-state index contributed by atoms with van der Waals surface area (Å²) >= 11 is 0. The first-order valence-corrected chi connectivity index (χ1v) is 11.2. The quantitative estimate of drug-likeness (QED) is 0.432. The van der Waals surface area contributed by atoms with Gasteiger partial charge in [-0.25, -0.2) is 4.79 Å². The molecular weight excluding hydrogens is 404 g/mol. The highest BCUT2D eigenvalue weighted by molar-refractivity contribution is 5.86. The van der Waals surface area contributed by atoms with Crippen LogP contribution in [-0.4, -0.2) is 44.9 Å². The van der Waals surface area contributed by atoms with Crippen LogP contribution in [0.3, 0.4) is 0 Å². The first-order chi connectivity index (χ1) is 15.5. The van der Waals surface area contributed by atoms with Crippen molar-refractivity contribution in [2.24, 2.45) is 14.1 Å². The minimum Gasteiger partial charge on any atom is -0.350 e. The van der Waals surface area contributed by atoms with Gasteiger partial charge in [-0.05, 0) is 30.2 Å². The Bertz CT molecular complexity index is 1370. The van der Waals surface area contributed by atoms with Gasteiger partial charge in [0.15, 0.2) is 11.2 Å². The molecule has 4 rings (SSSR count). The molecule has 0 atom stereocenters. The van der Waals surface area contributed by atoms with Crippen molar-refractivity contribution in [3.8, 4) is 0 Å². The molecule has 0 aliphatic heterocycles. The fourth-order valence-electron chi connectivity index (χ4n) is 4.29. The second-order valence-electron chi connectivity index (χ2n) is 8.17. The number of fused-ring (bicyclic) bond motifs is 2. The minimum atomic E-state index is -0.378. The Morgan fingerprint density at radius 3 is 2.44 bits per heavy atom. The highest BCUT2D eigenvalue weighted by Gasteiger charge is 2.20. The van der Waals surface area contributed by atoms with Crippen molar-refractivity contribution in [1.82, 2.24) is 18.7 Å². The Balaban J connectivity index is 1.84. The van der Waals surface area contributed by atoms with Crippen LogP contribution in [0.4, 0.5) is 5.95 Å². The average Bonchev–Trinajstić information content (AvgIpc) is 3.17. The molecule has 2 heterocycles. The van der Waals surface area contributed by atoms with Gasteiger partial charge in [0.1, 0.15) is 0 Å². The van der Waals surface area contributed by atoms with Gasteiger partial charge in [0.25, 0.3) is 5.56 Å². The minimum absolute atomic E-state index is 0.335. The molecule has 32 heavy (non-hydrogen) atoms. The van der Waals surface area contributed by atoms with E-state index in [1.807, 2.05) is 22.8 Å². The Morgan fingerprint density at radius 1 is 0.969 bits per heavy atom. The van der Waals surface area contributed by atoms with Crippen molar-refractivity contribution in [2.45, 2.75) is 20.4 Å². The van der Waals surface area contributed by atoms with E-state index in [4.69, 9.17) is 4.98 Å². The highest BCUT2D eigenvalue weighted by Crippen LogP contribution is 2.23. The van der Waals surface area contributed by atoms with Crippen LogP contribution >= 0.6 is 0 Å². The maximum atomic E-state index is 13.1. The summed E-state index contributed by atoms with van der Waals surface area (Å²) < 4.78 is 4.50. The smallest absolute Gasteiger partial charge is 0.332 e. The number of rotatable bonds is 8. The highest BCUT2D eigenvalue weighted by atomic mass is 16.2. The van der Waals surface area contributed by atoms with Crippen LogP contribution in [0.15, 0.2) is 52.1 Å². The van der Waals surface area contributed by atoms with Crippen LogP contribution in [0.1, 0.15) is 19.4 Å². The Morgan fingerprint density at radius 2 is 1.69 bits per heavy atom. The molecule has 0 saturated heterocycles. The van der Waals surface area contributed by atoms with E-state index in [1.165, 1.54) is 16.5 Å². The molecule has 0 fully saturated rings. The van der Waals surface area contributed by atoms with Gasteiger partial charge in [-0.2, -0.15) is 4.98 Å². The van der Waals surface area contributed by atoms with Gasteiger partial charge in [-0.3, -0.25) is 18.5 Å². The fraction of sp³-hybridized carbons (Fsp3) is 0.375. The van der Waals surface area contributed by atoms with E-state index in [9.17, 15) is 9.59 Å². The zero-order chi connectivity index (χ0) is 22.8. The van der Waals surface area contributed by atoms with E-state index >= 15 is 0 Å². The van der Waals surface area contributed by atoms with Crippen molar-refractivity contribution < 1.29 is 4.90 Å². The van der Waals surface area contributed by atoms with Crippen LogP contribution in [0.5, 0.6) is 0 Å². The fourth-order valence-corrected chi connectivity index (χ4v) is 4.29. The molecule has 0 aliphatic rings. The lowest BCUT2D eigenvalue weighted by Gasteiger charge is -2.16. The maximum Gasteiger partial charge on any atom is 0.332 e. The van der Waals surface area contributed by atoms with Crippen LogP contribution in [0, 0.1) is 0 Å². The second-order valence-corrected chi connectivity index (χ2v) is 8.17. The largest absolute Gasteiger partial charge is 0.350 e. The van der Waals surface area contributed by atoms with Crippen molar-refractivity contribution in [3.05, 3.63) is 68.9 Å². The van der Waals surface area contributed by atoms with Crippen molar-refractivity contribution >= 4 is 27.9 Å². The molecule has 0 unspecified atom stereocenters. The Hall–Kier alpha value is -3.39. The molecule has 2 aromatic carbocycles. The van der Waals surface area contributed by atoms with Crippen molar-refractivity contribution in [2.75, 3.05) is 31.5 Å². The summed E-state index contributed by atoms with van der Waals surface area (Å²) in [5.74, 6) is 0.609. The van der Waals surface area contributed by atoms with Gasteiger partial charge in [0, 0.05) is 14.1 Å². The van der Waals surface area contributed by atoms with E-state index in [0.717, 1.165) is 47.1 Å². The summed E-state index contributed by atoms with van der Waals surface area (Å²) in [6.45, 7) is 8.61. The number of nitrogens with one attached hydrogen (secondary N) is 2. The standard InChI is InChI=1S/C24H30N6O2/c1-5-29(6-2)15-14-25-23-26-21-20(22(31)28(4)24(32)27(21)3)30(23)16-18-12-9-11-17-10-7-8-13-19(17)18/h7-13H,5-6,14-16H2,1-4H3,(H,25,26)/p+1. The second kappa shape index (κ2) is 9.00. The SMILES string of the molecule is CC[NH+](CC)CCNc1nc2c(c(=O)n(C)c(=O)n2C)n1Cc1cccc2ccccc12. The van der Waals surface area contributed by atoms with Crippen molar-refractivity contribution in [3.63, 3.8) is 0 Å². The molecule has 2 aromatic heterocycles. The number of hydrogen-bond donors (Lipinski definition) is 2. The molecule has 0 saturated carbocycles. The zero-order valence-electron chi connectivity index (χ0n) is 19.2. The summed E-state index contributed by atoms with van der Waals surface area (Å²) in [5, 5.41) is 5.71. The third-order valence-corrected chi connectivity index (χ3v) is 6.32. The van der Waals surface area contributed by atoms with E-state index in [1.54, 1.807) is 7.05 Å². The zero-order valence-corrected chi connectivity index (χ0v) is 19.2. The number of benzene rings is 2. The third-order valence-electron chi connectivity index (χ3n) is 6.32. The molecule has 2 N–H and O–H groups in total. The lowest BCUT2D eigenvalue weighted by atomic mass is 10.0. The molecule has 0 radical (unpaired) electrons. The topological polar surface area (TPSA) is 78.3 Å². The normalized spacial score (nSPS) is 11.7. The summed E-state index contributed by atoms with van der Waals surface area (Å²) in [7, 11) is 3.17. The van der Waals surface area contributed by atoms with Gasteiger partial charge >= 0.3 is 5.69 Å². The van der Waals surface area contributed by atoms with E-state index in [2.05, 4.69) is 43.4 Å². The summed E-state index contributed by atoms with van der Waals surface area (Å²) in [4.78, 5) is 31.8. The summed E-state index contributed by atoms with van der Waals surface area (Å²) in [6.07, 6.45) is 0. The number of hydrogen-bond acceptors (Lipinski definition) is 4. The van der Waals surface area contributed by atoms with Crippen LogP contribution in [0.25, 0.3) is 21.9 Å². The molecule has 8 heteroatoms. The predicted octanol–water partition coefficient (Wildman–Crippen LogP) is 0.972. The number of nitrogens with zero attached hydrogens (tertiary/aromatic N) is 4. The Labute approximate surface area is 186 Å². The lowest BCUT2D eigenvalue weighted by molar-refractivity contribution is -0.894. The number of anilines is 1. The van der Waals surface area contributed by atoms with E-state index in [0.29, 0.717) is 23.7 Å². The maximum absolute atomic E-state index is 13.1. The summed E-state index contributed by atoms with van der Waals surface area (Å²) in [5.41, 5.74) is 1.21. The van der Waals surface area contributed by atoms with Gasteiger partial charge < -0.3 is 10.2 Å². The van der Waals surface area contributed by atoms with Gasteiger partial charge in [0.2, 0.25) is 5.95 Å². The van der Waals surface area contributed by atoms with Crippen LogP contribution < -0.4 is 21.5 Å². The predicted molar refractivity (Wildman–Crippen MR) is 129 cm³/mol. The molecule has 0 aliphatic carbocycles. The first kappa shape index (κ1) is 21.8. The van der Waals surface area contributed by atoms with Gasteiger partial charge in [-0.1, -0.05) is 42.5 Å². The molecule has 168 valence electrons. The molecule has 0 spiro atoms. The van der Waals surface area contributed by atoms with Crippen LogP contribution in [0.2, 0.25) is 0 Å². The average molecular weight is 436 g/mol. The Kier molecular flexibility index (Phi) is 6.14. The van der Waals surface area contributed by atoms with Gasteiger partial charge in [-0.15, -0.1) is 0 Å².